The molecule has 0 unspecified atom stereocenters. The van der Waals surface area contributed by atoms with Crippen molar-refractivity contribution < 1.29 is 13.2 Å². The van der Waals surface area contributed by atoms with Gasteiger partial charge in [0.15, 0.2) is 0 Å². The quantitative estimate of drug-likeness (QED) is 0.778. The molecule has 1 aliphatic heterocycles. The number of nitrogens with zero attached hydrogens (tertiary/aromatic N) is 1. The molecule has 2 aromatic rings. The zero-order chi connectivity index (χ0) is 21.0. The highest BCUT2D eigenvalue weighted by Gasteiger charge is 2.33. The summed E-state index contributed by atoms with van der Waals surface area (Å²) in [6.07, 6.45) is 2.17. The van der Waals surface area contributed by atoms with Crippen LogP contribution in [-0.2, 0) is 14.8 Å². The molecule has 6 heteroatoms. The Hall–Kier alpha value is -2.18. The van der Waals surface area contributed by atoms with Crippen LogP contribution >= 0.6 is 0 Å². The second-order valence-corrected chi connectivity index (χ2v) is 9.77. The normalized spacial score (nSPS) is 18.9. The van der Waals surface area contributed by atoms with Crippen LogP contribution in [-0.4, -0.2) is 31.7 Å². The Kier molecular flexibility index (Phi) is 6.75. The fourth-order valence-corrected chi connectivity index (χ4v) is 5.35. The molecule has 1 N–H and O–H groups in total. The number of hydrogen-bond donors (Lipinski definition) is 1. The number of carbonyl (C=O) groups is 1. The van der Waals surface area contributed by atoms with Gasteiger partial charge in [0.05, 0.1) is 16.9 Å². The summed E-state index contributed by atoms with van der Waals surface area (Å²) in [5.74, 6) is -0.397. The van der Waals surface area contributed by atoms with Crippen LogP contribution in [0.25, 0.3) is 0 Å². The SMILES string of the molecule is CC[C@@H](NC(=O)[C@@H]1CCCN(S(=O)(=O)c2ccccc2)C1)c1ccc(C)c(C)c1. The van der Waals surface area contributed by atoms with Crippen molar-refractivity contribution in [1.29, 1.82) is 0 Å². The molecule has 0 aliphatic carbocycles. The minimum absolute atomic E-state index is 0.0666. The van der Waals surface area contributed by atoms with Gasteiger partial charge < -0.3 is 5.32 Å². The number of sulfonamides is 1. The molecule has 0 saturated carbocycles. The van der Waals surface area contributed by atoms with Crippen molar-refractivity contribution in [3.05, 3.63) is 65.2 Å². The summed E-state index contributed by atoms with van der Waals surface area (Å²) in [5, 5.41) is 3.15. The van der Waals surface area contributed by atoms with Crippen LogP contribution in [0.15, 0.2) is 53.4 Å². The fourth-order valence-electron chi connectivity index (χ4n) is 3.81. The van der Waals surface area contributed by atoms with Crippen molar-refractivity contribution in [2.24, 2.45) is 5.92 Å². The van der Waals surface area contributed by atoms with Crippen LogP contribution in [0, 0.1) is 19.8 Å². The molecule has 2 atom stereocenters. The van der Waals surface area contributed by atoms with Crippen molar-refractivity contribution in [2.45, 2.75) is 51.0 Å². The average molecular weight is 415 g/mol. The molecule has 3 rings (SSSR count). The Morgan fingerprint density at radius 1 is 1.14 bits per heavy atom. The summed E-state index contributed by atoms with van der Waals surface area (Å²) < 4.78 is 27.3. The molecule has 0 aromatic heterocycles. The molecule has 29 heavy (non-hydrogen) atoms. The van der Waals surface area contributed by atoms with Crippen molar-refractivity contribution in [3.8, 4) is 0 Å². The Bertz CT molecular complexity index is 957. The van der Waals surface area contributed by atoms with Gasteiger partial charge in [-0.3, -0.25) is 4.79 Å². The van der Waals surface area contributed by atoms with Gasteiger partial charge in [-0.05, 0) is 61.9 Å². The Morgan fingerprint density at radius 3 is 2.52 bits per heavy atom. The second-order valence-electron chi connectivity index (χ2n) is 7.83. The van der Waals surface area contributed by atoms with E-state index < -0.39 is 10.0 Å². The lowest BCUT2D eigenvalue weighted by atomic mass is 9.96. The van der Waals surface area contributed by atoms with Crippen LogP contribution in [0.1, 0.15) is 48.9 Å². The molecule has 1 heterocycles. The maximum atomic E-state index is 13.0. The van der Waals surface area contributed by atoms with Gasteiger partial charge in [0.1, 0.15) is 0 Å². The minimum Gasteiger partial charge on any atom is -0.349 e. The van der Waals surface area contributed by atoms with Gasteiger partial charge in [-0.2, -0.15) is 4.31 Å². The van der Waals surface area contributed by atoms with E-state index in [2.05, 4.69) is 37.4 Å². The predicted molar refractivity (Wildman–Crippen MR) is 115 cm³/mol. The number of amides is 1. The molecule has 1 fully saturated rings. The zero-order valence-electron chi connectivity index (χ0n) is 17.4. The van der Waals surface area contributed by atoms with E-state index in [1.165, 1.54) is 15.4 Å². The zero-order valence-corrected chi connectivity index (χ0v) is 18.2. The Morgan fingerprint density at radius 2 is 1.86 bits per heavy atom. The van der Waals surface area contributed by atoms with Gasteiger partial charge in [0.25, 0.3) is 0 Å². The number of rotatable bonds is 6. The van der Waals surface area contributed by atoms with Crippen LogP contribution in [0.4, 0.5) is 0 Å². The topological polar surface area (TPSA) is 66.5 Å². The lowest BCUT2D eigenvalue weighted by molar-refractivity contribution is -0.126. The van der Waals surface area contributed by atoms with Crippen molar-refractivity contribution >= 4 is 15.9 Å². The van der Waals surface area contributed by atoms with E-state index in [4.69, 9.17) is 0 Å². The number of piperidine rings is 1. The summed E-state index contributed by atoms with van der Waals surface area (Å²) in [5.41, 5.74) is 3.52. The number of aryl methyl sites for hydroxylation is 2. The summed E-state index contributed by atoms with van der Waals surface area (Å²) in [4.78, 5) is 13.2. The number of hydrogen-bond acceptors (Lipinski definition) is 3. The first-order valence-electron chi connectivity index (χ1n) is 10.3. The summed E-state index contributed by atoms with van der Waals surface area (Å²) in [7, 11) is -3.57. The summed E-state index contributed by atoms with van der Waals surface area (Å²) in [6.45, 7) is 6.87. The molecule has 1 amide bonds. The molecule has 1 saturated heterocycles. The van der Waals surface area contributed by atoms with E-state index >= 15 is 0 Å². The van der Waals surface area contributed by atoms with Crippen LogP contribution < -0.4 is 5.32 Å². The van der Waals surface area contributed by atoms with E-state index in [0.29, 0.717) is 19.4 Å². The van der Waals surface area contributed by atoms with E-state index in [1.807, 2.05) is 6.92 Å². The van der Waals surface area contributed by atoms with Crippen LogP contribution in [0.3, 0.4) is 0 Å². The highest BCUT2D eigenvalue weighted by molar-refractivity contribution is 7.89. The molecular formula is C23H30N2O3S. The third-order valence-corrected chi connectivity index (χ3v) is 7.67. The molecule has 1 aliphatic rings. The first-order valence-corrected chi connectivity index (χ1v) is 11.7. The van der Waals surface area contributed by atoms with Gasteiger partial charge in [-0.1, -0.05) is 43.3 Å². The highest BCUT2D eigenvalue weighted by Crippen LogP contribution is 2.26. The number of benzene rings is 2. The monoisotopic (exact) mass is 414 g/mol. The third kappa shape index (κ3) is 4.87. The second kappa shape index (κ2) is 9.09. The van der Waals surface area contributed by atoms with Crippen LogP contribution in [0.5, 0.6) is 0 Å². The van der Waals surface area contributed by atoms with E-state index in [1.54, 1.807) is 30.3 Å². The third-order valence-electron chi connectivity index (χ3n) is 5.79. The standard InChI is InChI=1S/C23H30N2O3S/c1-4-22(19-13-12-17(2)18(3)15-19)24-23(26)20-9-8-14-25(16-20)29(27,28)21-10-6-5-7-11-21/h5-7,10-13,15,20,22H,4,8-9,14,16H2,1-3H3,(H,24,26)/t20-,22-/m1/s1. The summed E-state index contributed by atoms with van der Waals surface area (Å²) in [6, 6.07) is 14.6. The molecule has 5 nitrogen and oxygen atoms in total. The van der Waals surface area contributed by atoms with Crippen molar-refractivity contribution in [2.75, 3.05) is 13.1 Å². The largest absolute Gasteiger partial charge is 0.349 e. The lowest BCUT2D eigenvalue weighted by Gasteiger charge is -2.32. The number of carbonyl (C=O) groups excluding carboxylic acids is 1. The van der Waals surface area contributed by atoms with Crippen molar-refractivity contribution in [3.63, 3.8) is 0 Å². The molecule has 156 valence electrons. The van der Waals surface area contributed by atoms with Gasteiger partial charge in [-0.25, -0.2) is 8.42 Å². The lowest BCUT2D eigenvalue weighted by Crippen LogP contribution is -2.46. The highest BCUT2D eigenvalue weighted by atomic mass is 32.2. The smallest absolute Gasteiger partial charge is 0.243 e. The molecule has 0 radical (unpaired) electrons. The fraction of sp³-hybridized carbons (Fsp3) is 0.435. The minimum atomic E-state index is -3.57. The average Bonchev–Trinajstić information content (AvgIpc) is 2.74. The number of nitrogens with one attached hydrogen (secondary N) is 1. The molecule has 2 aromatic carbocycles. The van der Waals surface area contributed by atoms with E-state index in [0.717, 1.165) is 12.0 Å². The Balaban J connectivity index is 1.71. The van der Waals surface area contributed by atoms with Gasteiger partial charge >= 0.3 is 0 Å². The van der Waals surface area contributed by atoms with Gasteiger partial charge in [0, 0.05) is 13.1 Å². The molecule has 0 spiro atoms. The van der Waals surface area contributed by atoms with Gasteiger partial charge in [-0.15, -0.1) is 0 Å². The maximum Gasteiger partial charge on any atom is 0.243 e. The molecule has 0 bridgehead atoms. The molecular weight excluding hydrogens is 384 g/mol. The maximum absolute atomic E-state index is 13.0. The van der Waals surface area contributed by atoms with Gasteiger partial charge in [0.2, 0.25) is 15.9 Å². The first kappa shape index (κ1) is 21.5. The predicted octanol–water partition coefficient (Wildman–Crippen LogP) is 3.97. The van der Waals surface area contributed by atoms with Crippen LogP contribution in [0.2, 0.25) is 0 Å². The first-order chi connectivity index (χ1) is 13.8. The van der Waals surface area contributed by atoms with E-state index in [-0.39, 0.29) is 29.3 Å². The van der Waals surface area contributed by atoms with Crippen molar-refractivity contribution in [1.82, 2.24) is 9.62 Å². The van der Waals surface area contributed by atoms with E-state index in [9.17, 15) is 13.2 Å². The summed E-state index contributed by atoms with van der Waals surface area (Å²) >= 11 is 0. The Labute approximate surface area is 174 Å².